The third kappa shape index (κ3) is 7.05. The molecule has 3 heterocycles. The first-order valence-corrected chi connectivity index (χ1v) is 19.2. The lowest BCUT2D eigenvalue weighted by molar-refractivity contribution is -0.147. The zero-order valence-electron chi connectivity index (χ0n) is 29.1. The maximum Gasteiger partial charge on any atom is 0.259 e. The van der Waals surface area contributed by atoms with E-state index in [4.69, 9.17) is 19.2 Å². The van der Waals surface area contributed by atoms with Gasteiger partial charge in [0.2, 0.25) is 15.9 Å². The van der Waals surface area contributed by atoms with Gasteiger partial charge in [-0.15, -0.1) is 0 Å². The van der Waals surface area contributed by atoms with Crippen LogP contribution in [0.4, 0.5) is 0 Å². The second-order valence-corrected chi connectivity index (χ2v) is 16.0. The topological polar surface area (TPSA) is 153 Å². The summed E-state index contributed by atoms with van der Waals surface area (Å²) in [6, 6.07) is 14.4. The minimum absolute atomic E-state index is 0.100. The number of hydrogen-bond donors (Lipinski definition) is 2. The molecule has 3 fully saturated rings. The number of nitrogens with one attached hydrogen (secondary N) is 2. The number of allylic oxidation sites excluding steroid dienone is 1. The number of carbonyl (C=O) groups is 3. The van der Waals surface area contributed by atoms with E-state index in [1.54, 1.807) is 14.0 Å². The van der Waals surface area contributed by atoms with Gasteiger partial charge in [0.25, 0.3) is 11.8 Å². The van der Waals surface area contributed by atoms with E-state index in [0.717, 1.165) is 35.8 Å². The number of methoxy groups -OCH3 is 1. The first kappa shape index (κ1) is 34.9. The van der Waals surface area contributed by atoms with Crippen molar-refractivity contribution in [3.05, 3.63) is 66.2 Å². The van der Waals surface area contributed by atoms with Crippen molar-refractivity contribution in [2.45, 2.75) is 87.8 Å². The van der Waals surface area contributed by atoms with Crippen LogP contribution in [0.25, 0.3) is 22.2 Å². The summed E-state index contributed by atoms with van der Waals surface area (Å²) in [6.07, 6.45) is 6.10. The standard InChI is InChI=1S/C38H44N4O8S/c1-23-32(48-3)17-16-29-33(20-30(39-34(23)29)25-11-7-6-8-12-25)50-27-19-31-35(43)40-38(37(45)41-51(46,47)28-14-15-28)21-26(38)13-9-4-5-10-18-49-24(2)36(44)42(31)22-27/h6-9,11-13,16-17,20,24,26-28,31H,4-5,10,14-15,18-19,21-22H2,1-3H3,(H,40,43)(H,41,45). The smallest absolute Gasteiger partial charge is 0.259 e. The Kier molecular flexibility index (Phi) is 9.53. The summed E-state index contributed by atoms with van der Waals surface area (Å²) in [4.78, 5) is 48.2. The molecule has 2 N–H and O–H groups in total. The quantitative estimate of drug-likeness (QED) is 0.343. The number of sulfonamides is 1. The number of ether oxygens (including phenoxy) is 3. The molecule has 0 bridgehead atoms. The molecule has 2 aromatic carbocycles. The van der Waals surface area contributed by atoms with Crippen LogP contribution >= 0.6 is 0 Å². The number of amides is 3. The molecule has 270 valence electrons. The summed E-state index contributed by atoms with van der Waals surface area (Å²) in [5, 5.41) is 3.07. The van der Waals surface area contributed by atoms with Crippen LogP contribution in [0, 0.1) is 12.8 Å². The van der Waals surface area contributed by atoms with Crippen LogP contribution in [-0.4, -0.2) is 85.3 Å². The number of carbonyl (C=O) groups excluding carboxylic acids is 3. The first-order valence-electron chi connectivity index (χ1n) is 17.7. The SMILES string of the molecule is COc1ccc2c(OC3CC4C(=O)NC5(C(=O)NS(=O)(=O)C6CC6)CC5C=CCCCCOC(C)C(=O)N4C3)cc(-c3ccccc3)nc2c1C. The zero-order chi connectivity index (χ0) is 35.9. The second-order valence-electron chi connectivity index (χ2n) is 14.0. The van der Waals surface area contributed by atoms with Crippen molar-refractivity contribution >= 4 is 38.6 Å². The normalized spacial score (nSPS) is 27.1. The van der Waals surface area contributed by atoms with Crippen LogP contribution in [0.3, 0.4) is 0 Å². The van der Waals surface area contributed by atoms with E-state index >= 15 is 0 Å². The number of benzene rings is 2. The van der Waals surface area contributed by atoms with E-state index in [1.807, 2.05) is 67.6 Å². The second kappa shape index (κ2) is 13.9. The summed E-state index contributed by atoms with van der Waals surface area (Å²) in [6.45, 7) is 4.10. The first-order chi connectivity index (χ1) is 24.5. The molecule has 2 aliphatic carbocycles. The lowest BCUT2D eigenvalue weighted by Gasteiger charge is -2.28. The molecule has 1 aromatic heterocycles. The van der Waals surface area contributed by atoms with Gasteiger partial charge in [-0.25, -0.2) is 13.4 Å². The highest BCUT2D eigenvalue weighted by molar-refractivity contribution is 7.91. The number of hydrogen-bond acceptors (Lipinski definition) is 9. The Morgan fingerprint density at radius 1 is 1.10 bits per heavy atom. The van der Waals surface area contributed by atoms with Crippen molar-refractivity contribution in [1.82, 2.24) is 19.9 Å². The number of fused-ring (bicyclic) bond motifs is 3. The summed E-state index contributed by atoms with van der Waals surface area (Å²) >= 11 is 0. The Morgan fingerprint density at radius 3 is 2.63 bits per heavy atom. The average Bonchev–Trinajstić information content (AvgIpc) is 4.05. The Balaban J connectivity index is 1.21. The molecule has 51 heavy (non-hydrogen) atoms. The van der Waals surface area contributed by atoms with Gasteiger partial charge in [-0.2, -0.15) is 0 Å². The molecule has 5 atom stereocenters. The molecule has 5 unspecified atom stereocenters. The van der Waals surface area contributed by atoms with E-state index in [0.29, 0.717) is 42.2 Å². The Labute approximate surface area is 298 Å². The van der Waals surface area contributed by atoms with E-state index in [1.165, 1.54) is 4.90 Å². The zero-order valence-corrected chi connectivity index (χ0v) is 29.9. The Hall–Kier alpha value is -4.49. The van der Waals surface area contributed by atoms with Crippen molar-refractivity contribution in [3.8, 4) is 22.8 Å². The number of pyridine rings is 1. The van der Waals surface area contributed by atoms with Gasteiger partial charge in [0, 0.05) is 41.5 Å². The summed E-state index contributed by atoms with van der Waals surface area (Å²) in [7, 11) is -2.24. The summed E-state index contributed by atoms with van der Waals surface area (Å²) in [5.74, 6) is -0.801. The van der Waals surface area contributed by atoms with Crippen molar-refractivity contribution in [1.29, 1.82) is 0 Å². The van der Waals surface area contributed by atoms with E-state index in [-0.39, 0.29) is 31.2 Å². The molecule has 3 amide bonds. The van der Waals surface area contributed by atoms with Gasteiger partial charge in [-0.3, -0.25) is 19.1 Å². The molecule has 1 saturated heterocycles. The summed E-state index contributed by atoms with van der Waals surface area (Å²) in [5.41, 5.74) is 1.70. The Bertz CT molecular complexity index is 1980. The highest BCUT2D eigenvalue weighted by atomic mass is 32.2. The molecule has 4 aliphatic rings. The number of nitrogens with zero attached hydrogens (tertiary/aromatic N) is 2. The maximum absolute atomic E-state index is 14.2. The Morgan fingerprint density at radius 2 is 1.88 bits per heavy atom. The van der Waals surface area contributed by atoms with Crippen molar-refractivity contribution in [2.24, 2.45) is 5.92 Å². The molecule has 7 rings (SSSR count). The maximum atomic E-state index is 14.2. The summed E-state index contributed by atoms with van der Waals surface area (Å²) < 4.78 is 46.0. The van der Waals surface area contributed by atoms with Crippen molar-refractivity contribution < 1.29 is 37.0 Å². The molecule has 13 heteroatoms. The van der Waals surface area contributed by atoms with Gasteiger partial charge in [-0.1, -0.05) is 42.5 Å². The highest BCUT2D eigenvalue weighted by Crippen LogP contribution is 2.46. The van der Waals surface area contributed by atoms with Gasteiger partial charge in [0.05, 0.1) is 30.1 Å². The average molecular weight is 717 g/mol. The van der Waals surface area contributed by atoms with Crippen LogP contribution in [-0.2, 0) is 29.1 Å². The van der Waals surface area contributed by atoms with Gasteiger partial charge >= 0.3 is 0 Å². The van der Waals surface area contributed by atoms with Gasteiger partial charge < -0.3 is 24.4 Å². The fourth-order valence-corrected chi connectivity index (χ4v) is 8.53. The molecule has 12 nitrogen and oxygen atoms in total. The number of rotatable bonds is 7. The van der Waals surface area contributed by atoms with E-state index < -0.39 is 50.9 Å². The van der Waals surface area contributed by atoms with Gasteiger partial charge in [0.1, 0.15) is 35.3 Å². The lowest BCUT2D eigenvalue weighted by atomic mass is 10.0. The molecule has 0 radical (unpaired) electrons. The molecule has 2 saturated carbocycles. The van der Waals surface area contributed by atoms with Crippen molar-refractivity contribution in [2.75, 3.05) is 20.3 Å². The van der Waals surface area contributed by atoms with E-state index in [9.17, 15) is 22.8 Å². The fourth-order valence-electron chi connectivity index (χ4n) is 7.17. The van der Waals surface area contributed by atoms with Crippen LogP contribution in [0.1, 0.15) is 57.4 Å². The number of aromatic nitrogens is 1. The van der Waals surface area contributed by atoms with E-state index in [2.05, 4.69) is 10.0 Å². The van der Waals surface area contributed by atoms with Gasteiger partial charge in [0.15, 0.2) is 0 Å². The third-order valence-electron chi connectivity index (χ3n) is 10.4. The van der Waals surface area contributed by atoms with Crippen LogP contribution in [0.15, 0.2) is 60.7 Å². The van der Waals surface area contributed by atoms with Crippen LogP contribution in [0.5, 0.6) is 11.5 Å². The molecule has 0 spiro atoms. The third-order valence-corrected chi connectivity index (χ3v) is 12.2. The fraction of sp³-hybridized carbons (Fsp3) is 0.474. The lowest BCUT2D eigenvalue weighted by Crippen LogP contribution is -2.57. The largest absolute Gasteiger partial charge is 0.496 e. The van der Waals surface area contributed by atoms with Crippen LogP contribution < -0.4 is 19.5 Å². The van der Waals surface area contributed by atoms with Crippen molar-refractivity contribution in [3.63, 3.8) is 0 Å². The molecule has 3 aromatic rings. The molecule has 2 aliphatic heterocycles. The monoisotopic (exact) mass is 716 g/mol. The predicted octanol–water partition coefficient (Wildman–Crippen LogP) is 4.20. The predicted molar refractivity (Wildman–Crippen MR) is 190 cm³/mol. The molecular weight excluding hydrogens is 673 g/mol. The minimum atomic E-state index is -3.85. The number of aryl methyl sites for hydroxylation is 1. The van der Waals surface area contributed by atoms with Gasteiger partial charge in [-0.05, 0) is 64.5 Å². The van der Waals surface area contributed by atoms with Crippen LogP contribution in [0.2, 0.25) is 0 Å². The molecular formula is C38H44N4O8S. The minimum Gasteiger partial charge on any atom is -0.496 e. The highest BCUT2D eigenvalue weighted by Gasteiger charge is 2.62.